The summed E-state index contributed by atoms with van der Waals surface area (Å²) in [6, 6.07) is 12.8. The van der Waals surface area contributed by atoms with Gasteiger partial charge in [-0.05, 0) is 17.7 Å². The van der Waals surface area contributed by atoms with Gasteiger partial charge in [0.1, 0.15) is 11.3 Å². The summed E-state index contributed by atoms with van der Waals surface area (Å²) in [5, 5.41) is 19.2. The van der Waals surface area contributed by atoms with E-state index in [1.165, 1.54) is 6.07 Å². The molecule has 0 bridgehead atoms. The fourth-order valence-corrected chi connectivity index (χ4v) is 2.51. The molecule has 0 saturated carbocycles. The van der Waals surface area contributed by atoms with Crippen LogP contribution in [0.5, 0.6) is 5.75 Å². The van der Waals surface area contributed by atoms with E-state index >= 15 is 0 Å². The molecule has 0 radical (unpaired) electrons. The van der Waals surface area contributed by atoms with Crippen LogP contribution in [-0.2, 0) is 19.5 Å². The number of aromatic carboxylic acids is 1. The zero-order chi connectivity index (χ0) is 14.0. The third-order valence-electron chi connectivity index (χ3n) is 3.10. The van der Waals surface area contributed by atoms with Gasteiger partial charge in [0, 0.05) is 35.4 Å². The fourth-order valence-electron chi connectivity index (χ4n) is 2.03. The van der Waals surface area contributed by atoms with E-state index in [1.807, 2.05) is 37.3 Å². The molecule has 5 heteroatoms. The molecular weight excluding hydrogens is 373 g/mol. The largest absolute Gasteiger partial charge is 0.507 e. The van der Waals surface area contributed by atoms with Gasteiger partial charge in [-0.2, -0.15) is 0 Å². The fraction of sp³-hybridized carbons (Fsp3) is 0.133. The summed E-state index contributed by atoms with van der Waals surface area (Å²) >= 11 is 3.28. The van der Waals surface area contributed by atoms with E-state index < -0.39 is 5.97 Å². The zero-order valence-corrected chi connectivity index (χ0v) is 15.6. The van der Waals surface area contributed by atoms with Crippen molar-refractivity contribution in [2.45, 2.75) is 12.8 Å². The van der Waals surface area contributed by atoms with Crippen molar-refractivity contribution in [3.05, 3.63) is 63.6 Å². The number of rotatable bonds is 3. The average Bonchev–Trinajstić information content (AvgIpc) is 2.41. The van der Waals surface area contributed by atoms with Gasteiger partial charge in [-0.3, -0.25) is 0 Å². The average molecular weight is 387 g/mol. The molecule has 0 heterocycles. The molecule has 20 heavy (non-hydrogen) atoms. The van der Waals surface area contributed by atoms with Crippen LogP contribution in [0.15, 0.2) is 46.9 Å². The first-order chi connectivity index (χ1) is 9.00. The van der Waals surface area contributed by atoms with Crippen LogP contribution in [0.4, 0.5) is 0 Å². The Morgan fingerprint density at radius 2 is 1.80 bits per heavy atom. The third kappa shape index (κ3) is 3.47. The van der Waals surface area contributed by atoms with Crippen molar-refractivity contribution in [1.82, 2.24) is 0 Å². The number of hydrogen-bond donors (Lipinski definition) is 2. The Hall–Kier alpha value is -1.19. The van der Waals surface area contributed by atoms with Gasteiger partial charge in [0.2, 0.25) is 0 Å². The Morgan fingerprint density at radius 3 is 2.35 bits per heavy atom. The van der Waals surface area contributed by atoms with E-state index in [-0.39, 0.29) is 36.7 Å². The molecule has 0 fully saturated rings. The maximum Gasteiger partial charge on any atom is 0.339 e. The molecule has 0 aromatic heterocycles. The minimum absolute atomic E-state index is 0. The quantitative estimate of drug-likeness (QED) is 0.784. The standard InChI is InChI=1S/C15H13BrO3.Zn/c1-9(10-5-3-2-4-6-10)12-7-11(16)8-13(14(12)17)15(18)19;/h2-9,17H,1H3,(H,18,19);. The number of benzene rings is 2. The van der Waals surface area contributed by atoms with Crippen LogP contribution in [0.25, 0.3) is 0 Å². The minimum Gasteiger partial charge on any atom is -0.507 e. The van der Waals surface area contributed by atoms with Crippen LogP contribution < -0.4 is 0 Å². The van der Waals surface area contributed by atoms with Gasteiger partial charge < -0.3 is 10.2 Å². The van der Waals surface area contributed by atoms with Crippen LogP contribution in [0.1, 0.15) is 34.3 Å². The second-order valence-electron chi connectivity index (χ2n) is 4.33. The van der Waals surface area contributed by atoms with Gasteiger partial charge in [0.05, 0.1) is 0 Å². The van der Waals surface area contributed by atoms with Gasteiger partial charge in [0.25, 0.3) is 0 Å². The second kappa shape index (κ2) is 7.00. The van der Waals surface area contributed by atoms with E-state index in [0.29, 0.717) is 10.0 Å². The maximum absolute atomic E-state index is 11.1. The van der Waals surface area contributed by atoms with Crippen LogP contribution in [-0.4, -0.2) is 16.2 Å². The molecule has 0 spiro atoms. The molecule has 0 saturated heterocycles. The Morgan fingerprint density at radius 1 is 1.20 bits per heavy atom. The third-order valence-corrected chi connectivity index (χ3v) is 3.56. The van der Waals surface area contributed by atoms with Crippen LogP contribution in [0, 0.1) is 0 Å². The Balaban J connectivity index is 0.00000200. The monoisotopic (exact) mass is 384 g/mol. The summed E-state index contributed by atoms with van der Waals surface area (Å²) in [4.78, 5) is 11.1. The molecule has 0 amide bonds. The van der Waals surface area contributed by atoms with Crippen LogP contribution >= 0.6 is 15.9 Å². The molecule has 3 nitrogen and oxygen atoms in total. The van der Waals surface area contributed by atoms with Gasteiger partial charge in [0.15, 0.2) is 0 Å². The SMILES string of the molecule is CC(c1ccccc1)c1cc(Br)cc(C(=O)O)c1O.[Zn]. The Kier molecular flexibility index (Phi) is 5.91. The molecule has 2 aromatic carbocycles. The predicted octanol–water partition coefficient (Wildman–Crippen LogP) is 4.00. The van der Waals surface area contributed by atoms with Crippen molar-refractivity contribution in [1.29, 1.82) is 0 Å². The predicted molar refractivity (Wildman–Crippen MR) is 76.7 cm³/mol. The van der Waals surface area contributed by atoms with Crippen molar-refractivity contribution in [3.8, 4) is 5.75 Å². The van der Waals surface area contributed by atoms with Gasteiger partial charge in [-0.15, -0.1) is 0 Å². The van der Waals surface area contributed by atoms with Crippen molar-refractivity contribution >= 4 is 21.9 Å². The summed E-state index contributed by atoms with van der Waals surface area (Å²) in [7, 11) is 0. The van der Waals surface area contributed by atoms with E-state index in [2.05, 4.69) is 15.9 Å². The molecule has 100 valence electrons. The number of hydrogen-bond acceptors (Lipinski definition) is 2. The van der Waals surface area contributed by atoms with E-state index in [4.69, 9.17) is 5.11 Å². The van der Waals surface area contributed by atoms with Crippen molar-refractivity contribution in [3.63, 3.8) is 0 Å². The zero-order valence-electron chi connectivity index (χ0n) is 11.0. The topological polar surface area (TPSA) is 57.5 Å². The van der Waals surface area contributed by atoms with Crippen molar-refractivity contribution in [2.75, 3.05) is 0 Å². The van der Waals surface area contributed by atoms with E-state index in [1.54, 1.807) is 6.07 Å². The first-order valence-electron chi connectivity index (χ1n) is 5.81. The first kappa shape index (κ1) is 16.9. The molecule has 0 aliphatic heterocycles. The van der Waals surface area contributed by atoms with E-state index in [9.17, 15) is 9.90 Å². The number of halogens is 1. The summed E-state index contributed by atoms with van der Waals surface area (Å²) < 4.78 is 0.639. The molecular formula is C15H13BrO3Zn. The number of carbonyl (C=O) groups is 1. The molecule has 0 aliphatic carbocycles. The van der Waals surface area contributed by atoms with Gasteiger partial charge in [-0.1, -0.05) is 53.2 Å². The smallest absolute Gasteiger partial charge is 0.339 e. The first-order valence-corrected chi connectivity index (χ1v) is 6.60. The number of phenols is 1. The Bertz CT molecular complexity index is 614. The summed E-state index contributed by atoms with van der Waals surface area (Å²) in [5.41, 5.74) is 1.53. The van der Waals surface area contributed by atoms with Gasteiger partial charge in [-0.25, -0.2) is 4.79 Å². The summed E-state index contributed by atoms with van der Waals surface area (Å²) in [5.74, 6) is -1.40. The Labute approximate surface area is 138 Å². The second-order valence-corrected chi connectivity index (χ2v) is 5.24. The molecule has 0 aliphatic rings. The molecule has 2 N–H and O–H groups in total. The normalized spacial score (nSPS) is 11.5. The number of carboxylic acids is 1. The van der Waals surface area contributed by atoms with E-state index in [0.717, 1.165) is 5.56 Å². The number of aromatic hydroxyl groups is 1. The molecule has 1 atom stereocenters. The minimum atomic E-state index is -1.14. The maximum atomic E-state index is 11.1. The van der Waals surface area contributed by atoms with Crippen molar-refractivity contribution in [2.24, 2.45) is 0 Å². The number of carboxylic acid groups (broad SMARTS) is 1. The van der Waals surface area contributed by atoms with Gasteiger partial charge >= 0.3 is 5.97 Å². The summed E-state index contributed by atoms with van der Waals surface area (Å²) in [6.07, 6.45) is 0. The van der Waals surface area contributed by atoms with Crippen LogP contribution in [0.2, 0.25) is 0 Å². The molecule has 1 unspecified atom stereocenters. The molecule has 2 aromatic rings. The summed E-state index contributed by atoms with van der Waals surface area (Å²) in [6.45, 7) is 1.93. The van der Waals surface area contributed by atoms with Crippen molar-refractivity contribution < 1.29 is 34.5 Å². The molecule has 2 rings (SSSR count). The van der Waals surface area contributed by atoms with Crippen LogP contribution in [0.3, 0.4) is 0 Å².